The van der Waals surface area contributed by atoms with Gasteiger partial charge in [0.15, 0.2) is 0 Å². The standard InChI is InChI=1S/C16H18S2.C8H9F3S/c1-11-5-7-15(13(3)9-11)17-18-16-8-6-12(2)10-14(16)4;1-6-3-4-8(7(2)5-6)12(9,10)11/h5-10H,1-4H3;3-5H,1-2H3. The lowest BCUT2D eigenvalue weighted by Gasteiger charge is -2.12. The first-order valence-electron chi connectivity index (χ1n) is 9.46. The number of halogens is 3. The molecule has 0 aliphatic carbocycles. The number of aryl methyl sites for hydroxylation is 6. The van der Waals surface area contributed by atoms with Crippen LogP contribution in [0.3, 0.4) is 0 Å². The van der Waals surface area contributed by atoms with Gasteiger partial charge in [-0.15, -0.1) is 11.7 Å². The molecule has 0 nitrogen and oxygen atoms in total. The molecule has 0 spiro atoms. The molecule has 0 radical (unpaired) electrons. The maximum atomic E-state index is 12.3. The van der Waals surface area contributed by atoms with Crippen LogP contribution in [-0.2, 0) is 0 Å². The van der Waals surface area contributed by atoms with E-state index in [0.717, 1.165) is 11.6 Å². The van der Waals surface area contributed by atoms with Crippen molar-refractivity contribution in [3.63, 3.8) is 0 Å². The first-order chi connectivity index (χ1) is 14.0. The van der Waals surface area contributed by atoms with Crippen LogP contribution in [0.5, 0.6) is 0 Å². The highest BCUT2D eigenvalue weighted by atomic mass is 33.1. The lowest BCUT2D eigenvalue weighted by molar-refractivity contribution is 0.631. The van der Waals surface area contributed by atoms with E-state index < -0.39 is 16.1 Å². The Balaban J connectivity index is 0.000000232. The van der Waals surface area contributed by atoms with Crippen molar-refractivity contribution in [3.05, 3.63) is 88.0 Å². The number of benzene rings is 3. The zero-order chi connectivity index (χ0) is 22.5. The van der Waals surface area contributed by atoms with E-state index in [1.165, 1.54) is 45.0 Å². The average Bonchev–Trinajstić information content (AvgIpc) is 2.61. The molecule has 0 fully saturated rings. The van der Waals surface area contributed by atoms with E-state index in [2.05, 4.69) is 64.1 Å². The second kappa shape index (κ2) is 10.7. The van der Waals surface area contributed by atoms with E-state index in [1.807, 2.05) is 21.6 Å². The Morgan fingerprint density at radius 2 is 0.900 bits per heavy atom. The van der Waals surface area contributed by atoms with Gasteiger partial charge >= 0.3 is 0 Å². The highest BCUT2D eigenvalue weighted by Gasteiger charge is 2.25. The quantitative estimate of drug-likeness (QED) is 0.349. The fourth-order valence-corrected chi connectivity index (χ4v) is 6.05. The minimum atomic E-state index is -5.05. The monoisotopic (exact) mass is 468 g/mol. The van der Waals surface area contributed by atoms with Crippen LogP contribution >= 0.6 is 32.8 Å². The molecule has 6 heteroatoms. The van der Waals surface area contributed by atoms with Crippen molar-refractivity contribution < 1.29 is 11.7 Å². The fourth-order valence-electron chi connectivity index (χ4n) is 2.93. The van der Waals surface area contributed by atoms with Gasteiger partial charge in [-0.2, -0.15) is 0 Å². The molecule has 3 aromatic carbocycles. The highest BCUT2D eigenvalue weighted by Crippen LogP contribution is 2.61. The molecule has 0 unspecified atom stereocenters. The molecule has 0 saturated carbocycles. The van der Waals surface area contributed by atoms with Crippen molar-refractivity contribution in [1.82, 2.24) is 0 Å². The van der Waals surface area contributed by atoms with Crippen molar-refractivity contribution in [2.24, 2.45) is 0 Å². The van der Waals surface area contributed by atoms with Gasteiger partial charge in [-0.05, 0) is 76.4 Å². The fraction of sp³-hybridized carbons (Fsp3) is 0.250. The Morgan fingerprint density at radius 3 is 1.23 bits per heavy atom. The Kier molecular flexibility index (Phi) is 8.83. The first-order valence-corrected chi connectivity index (χ1v) is 12.9. The molecule has 3 aromatic rings. The van der Waals surface area contributed by atoms with E-state index in [-0.39, 0.29) is 0 Å². The van der Waals surface area contributed by atoms with Gasteiger partial charge in [-0.3, -0.25) is 0 Å². The van der Waals surface area contributed by atoms with Crippen molar-refractivity contribution in [2.45, 2.75) is 56.2 Å². The summed E-state index contributed by atoms with van der Waals surface area (Å²) in [5, 5.41) is 0. The molecular weight excluding hydrogens is 441 g/mol. The smallest absolute Gasteiger partial charge is 0.120 e. The zero-order valence-corrected chi connectivity index (χ0v) is 20.5. The minimum absolute atomic E-state index is 0.317. The largest absolute Gasteiger partial charge is 0.237 e. The normalized spacial score (nSPS) is 11.6. The summed E-state index contributed by atoms with van der Waals surface area (Å²) in [7, 11) is 3.69. The second-order valence-corrected chi connectivity index (χ2v) is 10.8. The predicted molar refractivity (Wildman–Crippen MR) is 129 cm³/mol. The maximum absolute atomic E-state index is 12.3. The summed E-state index contributed by atoms with van der Waals surface area (Å²) in [5.41, 5.74) is 6.55. The van der Waals surface area contributed by atoms with Gasteiger partial charge < -0.3 is 0 Å². The van der Waals surface area contributed by atoms with Crippen LogP contribution in [-0.4, -0.2) is 0 Å². The lowest BCUT2D eigenvalue weighted by atomic mass is 10.2. The van der Waals surface area contributed by atoms with E-state index in [0.29, 0.717) is 5.56 Å². The molecule has 0 atom stereocenters. The molecule has 0 bridgehead atoms. The molecule has 0 aliphatic rings. The summed E-state index contributed by atoms with van der Waals surface area (Å²) in [4.78, 5) is 2.24. The Labute approximate surface area is 188 Å². The molecule has 0 aliphatic heterocycles. The molecule has 0 saturated heterocycles. The molecule has 0 aromatic heterocycles. The molecule has 0 N–H and O–H groups in total. The summed E-state index contributed by atoms with van der Waals surface area (Å²) >= 11 is -5.05. The van der Waals surface area contributed by atoms with Gasteiger partial charge in [0.2, 0.25) is 11.2 Å². The maximum Gasteiger partial charge on any atom is 0.237 e. The molecule has 30 heavy (non-hydrogen) atoms. The summed E-state index contributed by atoms with van der Waals surface area (Å²) in [6, 6.07) is 17.5. The van der Waals surface area contributed by atoms with Crippen LogP contribution in [0.1, 0.15) is 33.4 Å². The van der Waals surface area contributed by atoms with Gasteiger partial charge in [0, 0.05) is 9.79 Å². The van der Waals surface area contributed by atoms with Crippen LogP contribution < -0.4 is 0 Å². The van der Waals surface area contributed by atoms with Gasteiger partial charge in [0.1, 0.15) is 0 Å². The average molecular weight is 469 g/mol. The van der Waals surface area contributed by atoms with Gasteiger partial charge in [0.25, 0.3) is 0 Å². The minimum Gasteiger partial charge on any atom is -0.120 e. The number of hydrogen-bond donors (Lipinski definition) is 0. The van der Waals surface area contributed by atoms with Gasteiger partial charge in [-0.25, -0.2) is 0 Å². The second-order valence-electron chi connectivity index (χ2n) is 7.38. The van der Waals surface area contributed by atoms with Crippen molar-refractivity contribution in [2.75, 3.05) is 0 Å². The van der Waals surface area contributed by atoms with Crippen LogP contribution in [0.25, 0.3) is 0 Å². The van der Waals surface area contributed by atoms with Crippen molar-refractivity contribution >= 4 is 32.8 Å². The SMILES string of the molecule is Cc1ccc(S(F)(F)F)c(C)c1.Cc1ccc(SSc2ccc(C)cc2C)c(C)c1. The summed E-state index contributed by atoms with van der Waals surface area (Å²) in [6.45, 7) is 11.9. The third-order valence-corrected chi connectivity index (χ3v) is 8.10. The lowest BCUT2D eigenvalue weighted by Crippen LogP contribution is -1.86. The van der Waals surface area contributed by atoms with E-state index >= 15 is 0 Å². The van der Waals surface area contributed by atoms with E-state index in [9.17, 15) is 11.7 Å². The van der Waals surface area contributed by atoms with Gasteiger partial charge in [0.05, 0.1) is 4.90 Å². The van der Waals surface area contributed by atoms with E-state index in [1.54, 1.807) is 13.0 Å². The summed E-state index contributed by atoms with van der Waals surface area (Å²) in [6.07, 6.45) is 0. The highest BCUT2D eigenvalue weighted by molar-refractivity contribution is 8.76. The third kappa shape index (κ3) is 7.33. The Bertz CT molecular complexity index is 960. The molecule has 0 heterocycles. The van der Waals surface area contributed by atoms with Crippen LogP contribution in [0.4, 0.5) is 11.7 Å². The zero-order valence-electron chi connectivity index (χ0n) is 18.1. The molecule has 0 amide bonds. The van der Waals surface area contributed by atoms with Crippen LogP contribution in [0.2, 0.25) is 0 Å². The molecule has 162 valence electrons. The van der Waals surface area contributed by atoms with Crippen molar-refractivity contribution in [1.29, 1.82) is 0 Å². The topological polar surface area (TPSA) is 0 Å². The molecule has 3 rings (SSSR count). The van der Waals surface area contributed by atoms with Crippen LogP contribution in [0, 0.1) is 41.5 Å². The summed E-state index contributed by atoms with van der Waals surface area (Å²) in [5.74, 6) is 0. The molecular formula is C24H27F3S3. The first kappa shape index (κ1) is 24.8. The van der Waals surface area contributed by atoms with Gasteiger partial charge in [-0.1, -0.05) is 74.7 Å². The Morgan fingerprint density at radius 1 is 0.533 bits per heavy atom. The van der Waals surface area contributed by atoms with Crippen LogP contribution in [0.15, 0.2) is 69.3 Å². The third-order valence-electron chi connectivity index (χ3n) is 4.46. The van der Waals surface area contributed by atoms with E-state index in [4.69, 9.17) is 0 Å². The summed E-state index contributed by atoms with van der Waals surface area (Å²) < 4.78 is 36.8. The Hall–Kier alpha value is -1.50. The number of hydrogen-bond acceptors (Lipinski definition) is 2. The number of rotatable bonds is 4. The van der Waals surface area contributed by atoms with Crippen molar-refractivity contribution in [3.8, 4) is 0 Å². The predicted octanol–water partition coefficient (Wildman–Crippen LogP) is 9.84.